The molecule has 1 heterocycles. The van der Waals surface area contributed by atoms with Gasteiger partial charge in [0, 0.05) is 11.6 Å². The van der Waals surface area contributed by atoms with Crippen LogP contribution in [-0.2, 0) is 0 Å². The summed E-state index contributed by atoms with van der Waals surface area (Å²) in [5.41, 5.74) is 0. The third-order valence-corrected chi connectivity index (χ3v) is 1.16. The van der Waals surface area contributed by atoms with E-state index in [1.54, 1.807) is 5.38 Å². The molecule has 0 saturated carbocycles. The highest BCUT2D eigenvalue weighted by Gasteiger charge is 1.91. The van der Waals surface area contributed by atoms with Crippen molar-refractivity contribution in [3.05, 3.63) is 16.5 Å². The van der Waals surface area contributed by atoms with Crippen LogP contribution in [0.1, 0.15) is 0 Å². The molecule has 0 aromatic carbocycles. The molecular weight excluding hydrogens is 128 g/mol. The molecule has 0 N–H and O–H groups in total. The van der Waals surface area contributed by atoms with Crippen molar-refractivity contribution in [3.63, 3.8) is 0 Å². The van der Waals surface area contributed by atoms with Crippen LogP contribution in [0, 0.1) is 4.91 Å². The van der Waals surface area contributed by atoms with E-state index in [1.807, 2.05) is 0 Å². The van der Waals surface area contributed by atoms with E-state index in [2.05, 4.69) is 15.2 Å². The van der Waals surface area contributed by atoms with Gasteiger partial charge in [-0.3, -0.25) is 4.84 Å². The second kappa shape index (κ2) is 2.37. The van der Waals surface area contributed by atoms with Crippen LogP contribution in [0.25, 0.3) is 0 Å². The van der Waals surface area contributed by atoms with Gasteiger partial charge in [-0.1, -0.05) is 11.3 Å². The Labute approximate surface area is 49.1 Å². The number of hydrogen-bond acceptors (Lipinski definition) is 5. The predicted octanol–water partition coefficient (Wildman–Crippen LogP) is 1.20. The predicted molar refractivity (Wildman–Crippen MR) is 28.5 cm³/mol. The molecule has 8 heavy (non-hydrogen) atoms. The van der Waals surface area contributed by atoms with Gasteiger partial charge in [0.1, 0.15) is 0 Å². The average molecular weight is 130 g/mol. The molecule has 0 radical (unpaired) electrons. The first-order valence-corrected chi connectivity index (χ1v) is 2.70. The first-order chi connectivity index (χ1) is 3.93. The topological polar surface area (TPSA) is 51.5 Å². The standard InChI is InChI=1S/C3H2N2O2S/c6-5-7-3-4-1-2-8-3/h1-2H. The minimum atomic E-state index is 0.278. The molecule has 0 unspecified atom stereocenters. The monoisotopic (exact) mass is 130 g/mol. The molecule has 0 aliphatic carbocycles. The van der Waals surface area contributed by atoms with Crippen LogP contribution < -0.4 is 4.84 Å². The summed E-state index contributed by atoms with van der Waals surface area (Å²) in [5, 5.41) is 4.15. The summed E-state index contributed by atoms with van der Waals surface area (Å²) >= 11 is 1.22. The molecule has 0 amide bonds. The Balaban J connectivity index is 2.62. The van der Waals surface area contributed by atoms with Crippen LogP contribution in [0.15, 0.2) is 16.9 Å². The van der Waals surface area contributed by atoms with E-state index in [4.69, 9.17) is 0 Å². The van der Waals surface area contributed by atoms with Crippen molar-refractivity contribution in [2.45, 2.75) is 0 Å². The number of thiazole rings is 1. The second-order valence-electron chi connectivity index (χ2n) is 0.964. The lowest BCUT2D eigenvalue weighted by atomic mass is 11.0. The number of aromatic nitrogens is 1. The fraction of sp³-hybridized carbons (Fsp3) is 0. The lowest BCUT2D eigenvalue weighted by Gasteiger charge is -1.78. The van der Waals surface area contributed by atoms with Crippen LogP contribution in [-0.4, -0.2) is 4.98 Å². The van der Waals surface area contributed by atoms with Crippen LogP contribution in [0.3, 0.4) is 0 Å². The highest BCUT2D eigenvalue weighted by atomic mass is 32.1. The molecule has 0 spiro atoms. The van der Waals surface area contributed by atoms with Crippen molar-refractivity contribution in [1.29, 1.82) is 0 Å². The van der Waals surface area contributed by atoms with Gasteiger partial charge in [-0.05, 0) is 0 Å². The first kappa shape index (κ1) is 5.17. The largest absolute Gasteiger partial charge is 0.308 e. The van der Waals surface area contributed by atoms with E-state index in [0.717, 1.165) is 0 Å². The average Bonchev–Trinajstić information content (AvgIpc) is 2.19. The van der Waals surface area contributed by atoms with E-state index in [0.29, 0.717) is 0 Å². The minimum Gasteiger partial charge on any atom is -0.291 e. The van der Waals surface area contributed by atoms with E-state index in [-0.39, 0.29) is 5.19 Å². The van der Waals surface area contributed by atoms with Crippen LogP contribution in [0.4, 0.5) is 0 Å². The van der Waals surface area contributed by atoms with Gasteiger partial charge in [0.25, 0.3) is 0 Å². The van der Waals surface area contributed by atoms with E-state index in [9.17, 15) is 4.91 Å². The summed E-state index contributed by atoms with van der Waals surface area (Å²) in [6, 6.07) is 0. The summed E-state index contributed by atoms with van der Waals surface area (Å²) in [7, 11) is 0. The molecule has 0 aliphatic heterocycles. The van der Waals surface area contributed by atoms with Gasteiger partial charge in [-0.25, -0.2) is 4.98 Å². The zero-order chi connectivity index (χ0) is 5.82. The molecule has 0 bridgehead atoms. The maximum atomic E-state index is 9.37. The fourth-order valence-electron chi connectivity index (χ4n) is 0.287. The molecule has 1 rings (SSSR count). The zero-order valence-electron chi connectivity index (χ0n) is 3.77. The number of hydrogen-bond donors (Lipinski definition) is 0. The molecule has 1 aromatic heterocycles. The van der Waals surface area contributed by atoms with Crippen molar-refractivity contribution < 1.29 is 4.84 Å². The molecule has 0 aliphatic rings. The fourth-order valence-corrected chi connectivity index (χ4v) is 0.721. The van der Waals surface area contributed by atoms with Gasteiger partial charge in [0.05, 0.1) is 0 Å². The van der Waals surface area contributed by atoms with Gasteiger partial charge in [-0.15, -0.1) is 4.91 Å². The van der Waals surface area contributed by atoms with Gasteiger partial charge in [-0.2, -0.15) is 0 Å². The SMILES string of the molecule is O=NOc1nccs1. The Morgan fingerprint density at radius 2 is 2.75 bits per heavy atom. The molecule has 0 fully saturated rings. The van der Waals surface area contributed by atoms with Crippen molar-refractivity contribution >= 4 is 11.3 Å². The van der Waals surface area contributed by atoms with Crippen LogP contribution >= 0.6 is 11.3 Å². The van der Waals surface area contributed by atoms with E-state index in [1.165, 1.54) is 17.5 Å². The Morgan fingerprint density at radius 1 is 1.88 bits per heavy atom. The third-order valence-electron chi connectivity index (χ3n) is 0.525. The Hall–Kier alpha value is -0.970. The minimum absolute atomic E-state index is 0.278. The number of rotatable bonds is 2. The molecule has 0 saturated heterocycles. The molecular formula is C3H2N2O2S. The van der Waals surface area contributed by atoms with Gasteiger partial charge in [0.15, 0.2) is 5.34 Å². The van der Waals surface area contributed by atoms with Crippen molar-refractivity contribution in [3.8, 4) is 5.19 Å². The maximum absolute atomic E-state index is 9.37. The molecule has 5 heteroatoms. The second-order valence-corrected chi connectivity index (χ2v) is 1.82. The summed E-state index contributed by atoms with van der Waals surface area (Å²) in [5.74, 6) is 0. The highest BCUT2D eigenvalue weighted by Crippen LogP contribution is 2.12. The van der Waals surface area contributed by atoms with E-state index < -0.39 is 0 Å². The Bertz CT molecular complexity index is 162. The third kappa shape index (κ3) is 1.00. The summed E-state index contributed by atoms with van der Waals surface area (Å²) < 4.78 is 0. The Morgan fingerprint density at radius 3 is 3.25 bits per heavy atom. The summed E-state index contributed by atoms with van der Waals surface area (Å²) in [6.45, 7) is 0. The smallest absolute Gasteiger partial charge is 0.291 e. The molecule has 42 valence electrons. The van der Waals surface area contributed by atoms with E-state index >= 15 is 0 Å². The van der Waals surface area contributed by atoms with Crippen LogP contribution in [0.5, 0.6) is 5.19 Å². The molecule has 1 aromatic rings. The molecule has 4 nitrogen and oxygen atoms in total. The van der Waals surface area contributed by atoms with Crippen molar-refractivity contribution in [2.24, 2.45) is 5.34 Å². The zero-order valence-corrected chi connectivity index (χ0v) is 4.59. The lowest BCUT2D eigenvalue weighted by molar-refractivity contribution is 0.333. The van der Waals surface area contributed by atoms with Crippen molar-refractivity contribution in [2.75, 3.05) is 0 Å². The van der Waals surface area contributed by atoms with Crippen molar-refractivity contribution in [1.82, 2.24) is 4.98 Å². The van der Waals surface area contributed by atoms with Gasteiger partial charge < -0.3 is 0 Å². The summed E-state index contributed by atoms with van der Waals surface area (Å²) in [4.78, 5) is 17.1. The lowest BCUT2D eigenvalue weighted by Crippen LogP contribution is -1.75. The van der Waals surface area contributed by atoms with Gasteiger partial charge in [0.2, 0.25) is 0 Å². The maximum Gasteiger partial charge on any atom is 0.308 e. The highest BCUT2D eigenvalue weighted by molar-refractivity contribution is 7.11. The summed E-state index contributed by atoms with van der Waals surface area (Å²) in [6.07, 6.45) is 1.53. The number of nitrogens with zero attached hydrogens (tertiary/aromatic N) is 2. The molecule has 0 atom stereocenters. The first-order valence-electron chi connectivity index (χ1n) is 1.82. The Kier molecular flexibility index (Phi) is 1.53. The van der Waals surface area contributed by atoms with Crippen LogP contribution in [0.2, 0.25) is 0 Å². The normalized spacial score (nSPS) is 8.50. The quantitative estimate of drug-likeness (QED) is 0.446. The van der Waals surface area contributed by atoms with Gasteiger partial charge >= 0.3 is 5.19 Å².